The van der Waals surface area contributed by atoms with E-state index in [2.05, 4.69) is 27.1 Å². The van der Waals surface area contributed by atoms with Crippen molar-refractivity contribution in [2.24, 2.45) is 0 Å². The van der Waals surface area contributed by atoms with Crippen molar-refractivity contribution in [1.82, 2.24) is 9.97 Å². The number of halogens is 1. The minimum Gasteiger partial charge on any atom is -0.384 e. The van der Waals surface area contributed by atoms with E-state index in [0.29, 0.717) is 11.1 Å². The first kappa shape index (κ1) is 13.6. The lowest BCUT2D eigenvalue weighted by molar-refractivity contribution is 0.102. The normalized spacial score (nSPS) is 9.50. The van der Waals surface area contributed by atoms with Crippen LogP contribution in [0, 0.1) is 17.7 Å². The number of aromatic nitrogens is 2. The number of rotatable bonds is 2. The molecule has 0 unspecified atom stereocenters. The van der Waals surface area contributed by atoms with Gasteiger partial charge in [-0.1, -0.05) is 11.8 Å². The molecule has 0 aliphatic heterocycles. The third-order valence-corrected chi connectivity index (χ3v) is 2.34. The van der Waals surface area contributed by atoms with Gasteiger partial charge in [0.05, 0.1) is 17.3 Å². The Morgan fingerprint density at radius 1 is 1.35 bits per heavy atom. The number of nitrogens with one attached hydrogen (secondary N) is 1. The molecule has 0 radical (unpaired) electrons. The average molecular weight is 271 g/mol. The van der Waals surface area contributed by atoms with Crippen molar-refractivity contribution in [3.05, 3.63) is 53.7 Å². The molecule has 0 bridgehead atoms. The van der Waals surface area contributed by atoms with Crippen LogP contribution < -0.4 is 5.32 Å². The SMILES string of the molecule is O=C(Nc1ccc(F)cn1)c1ccncc1C#CCO. The summed E-state index contributed by atoms with van der Waals surface area (Å²) >= 11 is 0. The molecule has 2 heterocycles. The van der Waals surface area contributed by atoms with Gasteiger partial charge in [-0.15, -0.1) is 0 Å². The molecule has 1 amide bonds. The molecule has 2 aromatic heterocycles. The molecule has 100 valence electrons. The highest BCUT2D eigenvalue weighted by Gasteiger charge is 2.11. The fraction of sp³-hybridized carbons (Fsp3) is 0.0714. The summed E-state index contributed by atoms with van der Waals surface area (Å²) in [5.41, 5.74) is 0.688. The van der Waals surface area contributed by atoms with Crippen molar-refractivity contribution in [2.75, 3.05) is 11.9 Å². The predicted octanol–water partition coefficient (Wildman–Crippen LogP) is 1.21. The number of nitrogens with zero attached hydrogens (tertiary/aromatic N) is 2. The molecule has 5 nitrogen and oxygen atoms in total. The van der Waals surface area contributed by atoms with Crippen LogP contribution in [-0.2, 0) is 0 Å². The first-order valence-electron chi connectivity index (χ1n) is 5.67. The summed E-state index contributed by atoms with van der Waals surface area (Å²) in [6.07, 6.45) is 3.89. The summed E-state index contributed by atoms with van der Waals surface area (Å²) in [7, 11) is 0. The summed E-state index contributed by atoms with van der Waals surface area (Å²) in [4.78, 5) is 19.7. The molecule has 0 spiro atoms. The van der Waals surface area contributed by atoms with Gasteiger partial charge in [0.1, 0.15) is 18.2 Å². The Morgan fingerprint density at radius 2 is 2.20 bits per heavy atom. The van der Waals surface area contributed by atoms with E-state index in [1.165, 1.54) is 30.6 Å². The maximum atomic E-state index is 12.7. The van der Waals surface area contributed by atoms with Crippen molar-refractivity contribution in [3.63, 3.8) is 0 Å². The molecule has 2 rings (SSSR count). The van der Waals surface area contributed by atoms with Crippen LogP contribution in [0.2, 0.25) is 0 Å². The minimum atomic E-state index is -0.485. The number of hydrogen-bond donors (Lipinski definition) is 2. The second kappa shape index (κ2) is 6.41. The number of aliphatic hydroxyl groups is 1. The van der Waals surface area contributed by atoms with Crippen LogP contribution >= 0.6 is 0 Å². The molecule has 2 aromatic rings. The van der Waals surface area contributed by atoms with Crippen LogP contribution in [-0.4, -0.2) is 27.6 Å². The molecule has 0 saturated carbocycles. The van der Waals surface area contributed by atoms with Crippen LogP contribution in [0.25, 0.3) is 0 Å². The number of aliphatic hydroxyl groups excluding tert-OH is 1. The monoisotopic (exact) mass is 271 g/mol. The number of hydrogen-bond acceptors (Lipinski definition) is 4. The van der Waals surface area contributed by atoms with E-state index in [-0.39, 0.29) is 12.4 Å². The molecular formula is C14H10FN3O2. The van der Waals surface area contributed by atoms with Gasteiger partial charge in [0.2, 0.25) is 0 Å². The molecule has 20 heavy (non-hydrogen) atoms. The Bertz CT molecular complexity index is 675. The maximum Gasteiger partial charge on any atom is 0.258 e. The van der Waals surface area contributed by atoms with Gasteiger partial charge in [-0.05, 0) is 18.2 Å². The minimum absolute atomic E-state index is 0.231. The van der Waals surface area contributed by atoms with Gasteiger partial charge in [-0.2, -0.15) is 0 Å². The zero-order valence-corrected chi connectivity index (χ0v) is 10.3. The highest BCUT2D eigenvalue weighted by Crippen LogP contribution is 2.10. The van der Waals surface area contributed by atoms with Gasteiger partial charge in [0.15, 0.2) is 0 Å². The standard InChI is InChI=1S/C14H10FN3O2/c15-11-3-4-13(17-9-11)18-14(20)12-5-6-16-8-10(12)2-1-7-19/h3-6,8-9,19H,7H2,(H,17,18,20). The predicted molar refractivity (Wildman–Crippen MR) is 70.3 cm³/mol. The topological polar surface area (TPSA) is 75.1 Å². The Kier molecular flexibility index (Phi) is 4.37. The second-order valence-corrected chi connectivity index (χ2v) is 3.70. The number of amides is 1. The van der Waals surface area contributed by atoms with Crippen LogP contribution in [0.4, 0.5) is 10.2 Å². The highest BCUT2D eigenvalue weighted by atomic mass is 19.1. The Labute approximate surface area is 114 Å². The van der Waals surface area contributed by atoms with Crippen molar-refractivity contribution >= 4 is 11.7 Å². The Balaban J connectivity index is 2.23. The molecular weight excluding hydrogens is 261 g/mol. The zero-order chi connectivity index (χ0) is 14.4. The van der Waals surface area contributed by atoms with E-state index in [9.17, 15) is 9.18 Å². The molecule has 0 aliphatic carbocycles. The van der Waals surface area contributed by atoms with E-state index >= 15 is 0 Å². The van der Waals surface area contributed by atoms with Gasteiger partial charge in [-0.25, -0.2) is 9.37 Å². The van der Waals surface area contributed by atoms with E-state index < -0.39 is 11.7 Å². The molecule has 0 saturated heterocycles. The van der Waals surface area contributed by atoms with Crippen molar-refractivity contribution in [3.8, 4) is 11.8 Å². The lowest BCUT2D eigenvalue weighted by Gasteiger charge is -2.05. The molecule has 0 aromatic carbocycles. The first-order valence-corrected chi connectivity index (χ1v) is 5.67. The number of pyridine rings is 2. The van der Waals surface area contributed by atoms with Gasteiger partial charge < -0.3 is 10.4 Å². The summed E-state index contributed by atoms with van der Waals surface area (Å²) < 4.78 is 12.7. The lowest BCUT2D eigenvalue weighted by atomic mass is 10.1. The fourth-order valence-corrected chi connectivity index (χ4v) is 1.46. The van der Waals surface area contributed by atoms with Crippen LogP contribution in [0.5, 0.6) is 0 Å². The fourth-order valence-electron chi connectivity index (χ4n) is 1.46. The number of anilines is 1. The van der Waals surface area contributed by atoms with Gasteiger partial charge in [0, 0.05) is 12.4 Å². The smallest absolute Gasteiger partial charge is 0.258 e. The third kappa shape index (κ3) is 3.37. The Morgan fingerprint density at radius 3 is 2.90 bits per heavy atom. The van der Waals surface area contributed by atoms with E-state index in [1.54, 1.807) is 0 Å². The largest absolute Gasteiger partial charge is 0.384 e. The lowest BCUT2D eigenvalue weighted by Crippen LogP contribution is -2.14. The zero-order valence-electron chi connectivity index (χ0n) is 10.3. The van der Waals surface area contributed by atoms with Crippen molar-refractivity contribution < 1.29 is 14.3 Å². The van der Waals surface area contributed by atoms with Crippen LogP contribution in [0.1, 0.15) is 15.9 Å². The number of carbonyl (C=O) groups excluding carboxylic acids is 1. The average Bonchev–Trinajstić information content (AvgIpc) is 2.47. The highest BCUT2D eigenvalue weighted by molar-refractivity contribution is 6.05. The van der Waals surface area contributed by atoms with E-state index in [0.717, 1.165) is 6.20 Å². The summed E-state index contributed by atoms with van der Waals surface area (Å²) in [6.45, 7) is -0.310. The summed E-state index contributed by atoms with van der Waals surface area (Å²) in [6, 6.07) is 4.05. The second-order valence-electron chi connectivity index (χ2n) is 3.70. The molecule has 0 aliphatic rings. The summed E-state index contributed by atoms with van der Waals surface area (Å²) in [5, 5.41) is 11.2. The molecule has 0 fully saturated rings. The van der Waals surface area contributed by atoms with Crippen molar-refractivity contribution in [2.45, 2.75) is 0 Å². The van der Waals surface area contributed by atoms with E-state index in [1.807, 2.05) is 0 Å². The van der Waals surface area contributed by atoms with Crippen molar-refractivity contribution in [1.29, 1.82) is 0 Å². The third-order valence-electron chi connectivity index (χ3n) is 2.34. The molecule has 2 N–H and O–H groups in total. The van der Waals surface area contributed by atoms with Gasteiger partial charge in [-0.3, -0.25) is 9.78 Å². The first-order chi connectivity index (χ1) is 9.70. The number of carbonyl (C=O) groups is 1. The van der Waals surface area contributed by atoms with Gasteiger partial charge in [0.25, 0.3) is 5.91 Å². The molecule has 0 atom stereocenters. The van der Waals surface area contributed by atoms with Crippen LogP contribution in [0.3, 0.4) is 0 Å². The quantitative estimate of drug-likeness (QED) is 0.805. The Hall–Kier alpha value is -2.78. The van der Waals surface area contributed by atoms with E-state index in [4.69, 9.17) is 5.11 Å². The van der Waals surface area contributed by atoms with Gasteiger partial charge >= 0.3 is 0 Å². The maximum absolute atomic E-state index is 12.7. The molecule has 6 heteroatoms. The van der Waals surface area contributed by atoms with Crippen LogP contribution in [0.15, 0.2) is 36.8 Å². The summed E-state index contributed by atoms with van der Waals surface area (Å²) in [5.74, 6) is 4.40.